The number of carboxylic acids is 1. The van der Waals surface area contributed by atoms with Gasteiger partial charge in [-0.3, -0.25) is 4.79 Å². The Hall–Kier alpha value is -0.610. The number of hydrogen-bond donors (Lipinski definition) is 3. The summed E-state index contributed by atoms with van der Waals surface area (Å²) in [5, 5.41) is 16.6. The molecule has 0 bridgehead atoms. The lowest BCUT2D eigenvalue weighted by atomic mass is 11.2. The highest BCUT2D eigenvalue weighted by Crippen LogP contribution is 1.85. The first kappa shape index (κ1) is 7.39. The summed E-state index contributed by atoms with van der Waals surface area (Å²) in [5.41, 5.74) is 4.91. The van der Waals surface area contributed by atoms with Crippen LogP contribution in [-0.2, 0) is 4.79 Å². The number of aliphatic hydroxyl groups excluding tert-OH is 1. The van der Waals surface area contributed by atoms with E-state index in [1.807, 2.05) is 0 Å². The minimum Gasteiger partial charge on any atom is -0.480 e. The van der Waals surface area contributed by atoms with Gasteiger partial charge < -0.3 is 15.9 Å². The molecule has 0 rings (SSSR count). The third kappa shape index (κ3) is 1.90. The standard InChI is InChI=1S/C4H9NO3/c1-2(6)3(5)4(7)8/h2-3,6H,5H2,1H3,(H,7,8)/t2-,3+/m0/s1/i1+1,2+1,3+1,4+1,5+1. The maximum Gasteiger partial charge on any atom is 0.323 e. The molecule has 4 heteroatoms. The quantitative estimate of drug-likeness (QED) is 0.318. The van der Waals surface area contributed by atoms with E-state index in [0.717, 1.165) is 0 Å². The van der Waals surface area contributed by atoms with Gasteiger partial charge in [-0.1, -0.05) is 0 Å². The Kier molecular flexibility index (Phi) is 2.44. The van der Waals surface area contributed by atoms with Crippen LogP contribution in [-0.4, -0.2) is 28.3 Å². The average Bonchev–Trinajstić information content (AvgIpc) is 1.64. The maximum atomic E-state index is 9.86. The number of nitrogens with two attached hydrogens (primary N) is 1. The average molecular weight is 124 g/mol. The molecule has 8 heavy (non-hydrogen) atoms. The van der Waals surface area contributed by atoms with Crippen molar-refractivity contribution in [2.45, 2.75) is 19.1 Å². The van der Waals surface area contributed by atoms with Crippen LogP contribution in [0.25, 0.3) is 0 Å². The van der Waals surface area contributed by atoms with E-state index in [2.05, 4.69) is 0 Å². The lowest BCUT2D eigenvalue weighted by molar-refractivity contribution is -0.140. The van der Waals surface area contributed by atoms with Gasteiger partial charge >= 0.3 is 5.97 Å². The van der Waals surface area contributed by atoms with Crippen LogP contribution in [0.2, 0.25) is 0 Å². The normalized spacial score (nSPS) is 17.4. The van der Waals surface area contributed by atoms with E-state index in [1.165, 1.54) is 6.92 Å². The Bertz CT molecular complexity index is 91.3. The van der Waals surface area contributed by atoms with Crippen molar-refractivity contribution in [3.05, 3.63) is 0 Å². The third-order valence-corrected chi connectivity index (χ3v) is 0.805. The van der Waals surface area contributed by atoms with Gasteiger partial charge in [0.15, 0.2) is 0 Å². The summed E-state index contributed by atoms with van der Waals surface area (Å²) in [6, 6.07) is -1.16. The van der Waals surface area contributed by atoms with Crippen molar-refractivity contribution < 1.29 is 15.0 Å². The molecule has 0 fully saturated rings. The van der Waals surface area contributed by atoms with E-state index in [-0.39, 0.29) is 0 Å². The highest BCUT2D eigenvalue weighted by Gasteiger charge is 2.16. The molecule has 0 saturated heterocycles. The number of aliphatic hydroxyl groups is 1. The Morgan fingerprint density at radius 1 is 1.75 bits per heavy atom. The minimum atomic E-state index is -1.18. The summed E-state index contributed by atoms with van der Waals surface area (Å²) in [6.45, 7) is 1.33. The molecule has 0 spiro atoms. The summed E-state index contributed by atoms with van der Waals surface area (Å²) in [6.07, 6.45) is -0.979. The molecule has 48 valence electrons. The molecule has 2 atom stereocenters. The smallest absolute Gasteiger partial charge is 0.323 e. The summed E-state index contributed by atoms with van der Waals surface area (Å²) in [7, 11) is 0. The van der Waals surface area contributed by atoms with E-state index in [9.17, 15) is 4.79 Å². The van der Waals surface area contributed by atoms with Gasteiger partial charge in [-0.05, 0) is 6.92 Å². The molecule has 0 aromatic heterocycles. The molecule has 0 unspecified atom stereocenters. The van der Waals surface area contributed by atoms with Gasteiger partial charge in [-0.2, -0.15) is 0 Å². The predicted molar refractivity (Wildman–Crippen MR) is 27.3 cm³/mol. The van der Waals surface area contributed by atoms with Crippen molar-refractivity contribution in [1.82, 2.24) is 0 Å². The first-order valence-electron chi connectivity index (χ1n) is 2.22. The zero-order valence-corrected chi connectivity index (χ0v) is 4.53. The molecular weight excluding hydrogens is 115 g/mol. The van der Waals surface area contributed by atoms with Crippen LogP contribution in [0.4, 0.5) is 0 Å². The lowest BCUT2D eigenvalue weighted by Crippen LogP contribution is -2.39. The Morgan fingerprint density at radius 3 is 2.12 bits per heavy atom. The molecule has 0 heterocycles. The molecule has 0 aliphatic carbocycles. The minimum absolute atomic E-state index is 0.979. The molecule has 0 radical (unpaired) electrons. The topological polar surface area (TPSA) is 83.5 Å². The number of aliphatic carboxylic acids is 1. The molecule has 4 nitrogen and oxygen atoms in total. The number of carbonyl (C=O) groups is 1. The Balaban J connectivity index is 3.64. The SMILES string of the molecule is [13CH3][13C@H](O)[13C@@H]([15NH2])[13C](=O)O. The fourth-order valence-corrected chi connectivity index (χ4v) is 0.206. The van der Waals surface area contributed by atoms with Crippen molar-refractivity contribution in [2.24, 2.45) is 5.73 Å². The lowest BCUT2D eigenvalue weighted by Gasteiger charge is -2.06. The van der Waals surface area contributed by atoms with Crippen molar-refractivity contribution in [1.29, 1.82) is 0 Å². The highest BCUT2D eigenvalue weighted by molar-refractivity contribution is 5.73. The number of rotatable bonds is 2. The third-order valence-electron chi connectivity index (χ3n) is 0.805. The van der Waals surface area contributed by atoms with Crippen LogP contribution in [0, 0.1) is 0 Å². The largest absolute Gasteiger partial charge is 0.480 e. The fourth-order valence-electron chi connectivity index (χ4n) is 0.206. The van der Waals surface area contributed by atoms with Gasteiger partial charge in [0.1, 0.15) is 6.04 Å². The molecule has 0 aromatic carbocycles. The van der Waals surface area contributed by atoms with Crippen molar-refractivity contribution in [2.75, 3.05) is 0 Å². The van der Waals surface area contributed by atoms with E-state index < -0.39 is 18.1 Å². The van der Waals surface area contributed by atoms with Crippen molar-refractivity contribution >= 4 is 5.97 Å². The Labute approximate surface area is 46.9 Å². The first-order valence-corrected chi connectivity index (χ1v) is 2.22. The van der Waals surface area contributed by atoms with Crippen molar-refractivity contribution in [3.8, 4) is 0 Å². The molecule has 0 aromatic rings. The van der Waals surface area contributed by atoms with E-state index in [4.69, 9.17) is 15.9 Å². The molecule has 0 amide bonds. The molecule has 4 N–H and O–H groups in total. The van der Waals surface area contributed by atoms with Crippen LogP contribution in [0.1, 0.15) is 6.92 Å². The van der Waals surface area contributed by atoms with Gasteiger partial charge in [0.25, 0.3) is 0 Å². The van der Waals surface area contributed by atoms with E-state index in [1.54, 1.807) is 0 Å². The van der Waals surface area contributed by atoms with Gasteiger partial charge in [-0.15, -0.1) is 0 Å². The monoisotopic (exact) mass is 124 g/mol. The predicted octanol–water partition coefficient (Wildman–Crippen LogP) is -1.22. The zero-order chi connectivity index (χ0) is 6.73. The number of carboxylic acid groups (broad SMARTS) is 1. The van der Waals surface area contributed by atoms with Crippen molar-refractivity contribution in [3.63, 3.8) is 0 Å². The molecule has 0 aliphatic heterocycles. The number of hydrogen-bond acceptors (Lipinski definition) is 3. The molecular formula is C4H9NO3. The molecule has 0 aliphatic rings. The summed E-state index contributed by atoms with van der Waals surface area (Å²) < 4.78 is 0. The van der Waals surface area contributed by atoms with Gasteiger partial charge in [-0.25, -0.2) is 0 Å². The Morgan fingerprint density at radius 2 is 2.12 bits per heavy atom. The first-order chi connectivity index (χ1) is 3.55. The van der Waals surface area contributed by atoms with E-state index in [0.29, 0.717) is 0 Å². The van der Waals surface area contributed by atoms with Crippen LogP contribution in [0.3, 0.4) is 0 Å². The van der Waals surface area contributed by atoms with Gasteiger partial charge in [0.05, 0.1) is 6.10 Å². The van der Waals surface area contributed by atoms with Crippen LogP contribution < -0.4 is 5.73 Å². The van der Waals surface area contributed by atoms with Crippen LogP contribution in [0.15, 0.2) is 0 Å². The maximum absolute atomic E-state index is 9.86. The molecule has 0 saturated carbocycles. The van der Waals surface area contributed by atoms with E-state index >= 15 is 0 Å². The van der Waals surface area contributed by atoms with Gasteiger partial charge in [0, 0.05) is 0 Å². The highest BCUT2D eigenvalue weighted by atomic mass is 16.5. The second kappa shape index (κ2) is 2.64. The second-order valence-corrected chi connectivity index (χ2v) is 1.60. The summed E-state index contributed by atoms with van der Waals surface area (Å²) in [5.74, 6) is -1.18. The fraction of sp³-hybridized carbons (Fsp3) is 0.750. The van der Waals surface area contributed by atoms with Crippen LogP contribution >= 0.6 is 0 Å². The van der Waals surface area contributed by atoms with Crippen LogP contribution in [0.5, 0.6) is 0 Å². The van der Waals surface area contributed by atoms with Gasteiger partial charge in [0.2, 0.25) is 0 Å². The second-order valence-electron chi connectivity index (χ2n) is 1.60. The zero-order valence-electron chi connectivity index (χ0n) is 4.53. The summed E-state index contributed by atoms with van der Waals surface area (Å²) >= 11 is 0. The summed E-state index contributed by atoms with van der Waals surface area (Å²) in [4.78, 5) is 9.86.